The van der Waals surface area contributed by atoms with Crippen molar-refractivity contribution in [1.29, 1.82) is 0 Å². The molecule has 3 aromatic carbocycles. The highest BCUT2D eigenvalue weighted by atomic mass is 32.2. The Bertz CT molecular complexity index is 1120. The molecule has 1 aromatic heterocycles. The van der Waals surface area contributed by atoms with Gasteiger partial charge in [0.2, 0.25) is 5.13 Å². The lowest BCUT2D eigenvalue weighted by Gasteiger charge is -2.14. The molecule has 0 radical (unpaired) electrons. The van der Waals surface area contributed by atoms with Crippen LogP contribution in [0.5, 0.6) is 5.75 Å². The van der Waals surface area contributed by atoms with Gasteiger partial charge in [0.25, 0.3) is 5.91 Å². The summed E-state index contributed by atoms with van der Waals surface area (Å²) in [7, 11) is 0. The van der Waals surface area contributed by atoms with Crippen molar-refractivity contribution in [3.63, 3.8) is 0 Å². The molecule has 1 atom stereocenters. The fourth-order valence-electron chi connectivity index (χ4n) is 2.74. The van der Waals surface area contributed by atoms with Crippen molar-refractivity contribution in [3.05, 3.63) is 78.4 Å². The number of ether oxygens (including phenoxy) is 1. The van der Waals surface area contributed by atoms with Crippen molar-refractivity contribution < 1.29 is 9.53 Å². The summed E-state index contributed by atoms with van der Waals surface area (Å²) in [6.07, 6.45) is -0.652. The Hall–Kier alpha value is -2.90. The van der Waals surface area contributed by atoms with E-state index in [1.165, 1.54) is 16.9 Å². The predicted molar refractivity (Wildman–Crippen MR) is 119 cm³/mol. The number of nitrogens with one attached hydrogen (secondary N) is 1. The number of fused-ring (bicyclic) bond motifs is 1. The zero-order chi connectivity index (χ0) is 20.1. The summed E-state index contributed by atoms with van der Waals surface area (Å²) in [5.41, 5.74) is 1.22. The number of hydrogen-bond acceptors (Lipinski definition) is 6. The van der Waals surface area contributed by atoms with E-state index in [0.29, 0.717) is 10.9 Å². The molecule has 29 heavy (non-hydrogen) atoms. The van der Waals surface area contributed by atoms with Gasteiger partial charge < -0.3 is 4.74 Å². The van der Waals surface area contributed by atoms with E-state index in [0.717, 1.165) is 20.9 Å². The molecule has 5 nitrogen and oxygen atoms in total. The quantitative estimate of drug-likeness (QED) is 0.320. The van der Waals surface area contributed by atoms with Gasteiger partial charge in [0, 0.05) is 5.75 Å². The zero-order valence-corrected chi connectivity index (χ0v) is 17.4. The number of rotatable bonds is 7. The highest BCUT2D eigenvalue weighted by Crippen LogP contribution is 2.28. The van der Waals surface area contributed by atoms with E-state index in [-0.39, 0.29) is 5.91 Å². The third-order valence-corrected chi connectivity index (χ3v) is 6.29. The second-order valence-corrected chi connectivity index (χ2v) is 8.61. The average molecular weight is 422 g/mol. The molecule has 0 bridgehead atoms. The molecule has 0 fully saturated rings. The van der Waals surface area contributed by atoms with Crippen LogP contribution in [0.15, 0.2) is 77.1 Å². The smallest absolute Gasteiger partial charge is 0.266 e. The van der Waals surface area contributed by atoms with Gasteiger partial charge in [-0.25, -0.2) is 0 Å². The van der Waals surface area contributed by atoms with E-state index < -0.39 is 6.10 Å². The van der Waals surface area contributed by atoms with E-state index in [2.05, 4.69) is 27.6 Å². The molecular formula is C22H19N3O2S2. The molecular weight excluding hydrogens is 402 g/mol. The molecule has 1 heterocycles. The van der Waals surface area contributed by atoms with Crippen LogP contribution >= 0.6 is 23.1 Å². The molecule has 0 spiro atoms. The lowest BCUT2D eigenvalue weighted by atomic mass is 10.1. The Kier molecular flexibility index (Phi) is 6.07. The van der Waals surface area contributed by atoms with Crippen LogP contribution in [0.25, 0.3) is 10.8 Å². The number of hydrogen-bond donors (Lipinski definition) is 1. The molecule has 0 aliphatic rings. The lowest BCUT2D eigenvalue weighted by Crippen LogP contribution is -2.30. The van der Waals surface area contributed by atoms with Crippen LogP contribution in [0, 0.1) is 0 Å². The molecule has 1 amide bonds. The average Bonchev–Trinajstić information content (AvgIpc) is 3.20. The summed E-state index contributed by atoms with van der Waals surface area (Å²) in [5, 5.41) is 13.7. The van der Waals surface area contributed by atoms with Gasteiger partial charge in [0.1, 0.15) is 5.75 Å². The van der Waals surface area contributed by atoms with Gasteiger partial charge in [-0.15, -0.1) is 10.2 Å². The highest BCUT2D eigenvalue weighted by Gasteiger charge is 2.17. The monoisotopic (exact) mass is 421 g/mol. The summed E-state index contributed by atoms with van der Waals surface area (Å²) in [6, 6.07) is 24.0. The maximum Gasteiger partial charge on any atom is 0.266 e. The van der Waals surface area contributed by atoms with E-state index in [1.807, 2.05) is 60.7 Å². The van der Waals surface area contributed by atoms with Crippen LogP contribution in [0.3, 0.4) is 0 Å². The Morgan fingerprint density at radius 1 is 1.03 bits per heavy atom. The Balaban J connectivity index is 1.33. The first-order chi connectivity index (χ1) is 14.2. The standard InChI is InChI=1S/C22H19N3O2S2/c1-15(27-19-12-11-17-9-5-6-10-18(17)13-19)20(26)23-21-24-25-22(29-21)28-14-16-7-3-2-4-8-16/h2-13,15H,14H2,1H3,(H,23,24,26). The Labute approximate surface area is 177 Å². The Morgan fingerprint density at radius 2 is 1.79 bits per heavy atom. The van der Waals surface area contributed by atoms with E-state index in [4.69, 9.17) is 4.74 Å². The number of amides is 1. The number of carbonyl (C=O) groups is 1. The fraction of sp³-hybridized carbons (Fsp3) is 0.136. The zero-order valence-electron chi connectivity index (χ0n) is 15.7. The van der Waals surface area contributed by atoms with Crippen LogP contribution in [-0.4, -0.2) is 22.2 Å². The molecule has 0 saturated heterocycles. The molecule has 4 aromatic rings. The second kappa shape index (κ2) is 9.07. The van der Waals surface area contributed by atoms with Gasteiger partial charge in [-0.2, -0.15) is 0 Å². The predicted octanol–water partition coefficient (Wildman–Crippen LogP) is 5.39. The largest absolute Gasteiger partial charge is 0.481 e. The van der Waals surface area contributed by atoms with Gasteiger partial charge >= 0.3 is 0 Å². The minimum Gasteiger partial charge on any atom is -0.481 e. The van der Waals surface area contributed by atoms with Gasteiger partial charge in [-0.3, -0.25) is 10.1 Å². The summed E-state index contributed by atoms with van der Waals surface area (Å²) >= 11 is 2.96. The fourth-order valence-corrected chi connectivity index (χ4v) is 4.45. The lowest BCUT2D eigenvalue weighted by molar-refractivity contribution is -0.122. The molecule has 0 aliphatic heterocycles. The molecule has 4 rings (SSSR count). The molecule has 1 unspecified atom stereocenters. The first kappa shape index (κ1) is 19.4. The normalized spacial score (nSPS) is 11.9. The van der Waals surface area contributed by atoms with Crippen molar-refractivity contribution in [2.24, 2.45) is 0 Å². The van der Waals surface area contributed by atoms with Gasteiger partial charge in [0.05, 0.1) is 0 Å². The summed E-state index contributed by atoms with van der Waals surface area (Å²) in [5.74, 6) is 1.21. The Morgan fingerprint density at radius 3 is 2.62 bits per heavy atom. The van der Waals surface area contributed by atoms with Crippen LogP contribution in [0.4, 0.5) is 5.13 Å². The first-order valence-electron chi connectivity index (χ1n) is 9.14. The van der Waals surface area contributed by atoms with Crippen molar-refractivity contribution >= 4 is 44.9 Å². The van der Waals surface area contributed by atoms with Crippen molar-refractivity contribution in [2.75, 3.05) is 5.32 Å². The SMILES string of the molecule is CC(Oc1ccc2ccccc2c1)C(=O)Nc1nnc(SCc2ccccc2)s1. The topological polar surface area (TPSA) is 64.1 Å². The third kappa shape index (κ3) is 5.13. The van der Waals surface area contributed by atoms with Crippen LogP contribution < -0.4 is 10.1 Å². The molecule has 0 saturated carbocycles. The number of carbonyl (C=O) groups excluding carboxylic acids is 1. The van der Waals surface area contributed by atoms with Gasteiger partial charge in [-0.05, 0) is 35.4 Å². The number of benzene rings is 3. The maximum absolute atomic E-state index is 12.5. The number of aromatic nitrogens is 2. The first-order valence-corrected chi connectivity index (χ1v) is 10.9. The van der Waals surface area contributed by atoms with Crippen LogP contribution in [-0.2, 0) is 10.5 Å². The third-order valence-electron chi connectivity index (χ3n) is 4.24. The number of anilines is 1. The second-order valence-electron chi connectivity index (χ2n) is 6.41. The summed E-state index contributed by atoms with van der Waals surface area (Å²) in [4.78, 5) is 12.5. The van der Waals surface area contributed by atoms with Crippen molar-refractivity contribution in [2.45, 2.75) is 23.1 Å². The van der Waals surface area contributed by atoms with Gasteiger partial charge in [-0.1, -0.05) is 83.8 Å². The number of nitrogens with zero attached hydrogens (tertiary/aromatic N) is 2. The van der Waals surface area contributed by atoms with Crippen LogP contribution in [0.1, 0.15) is 12.5 Å². The minimum atomic E-state index is -0.652. The van der Waals surface area contributed by atoms with Gasteiger partial charge in [0.15, 0.2) is 10.4 Å². The molecule has 1 N–H and O–H groups in total. The van der Waals surface area contributed by atoms with Crippen molar-refractivity contribution in [1.82, 2.24) is 10.2 Å². The van der Waals surface area contributed by atoms with E-state index in [9.17, 15) is 4.79 Å². The van der Waals surface area contributed by atoms with E-state index in [1.54, 1.807) is 18.7 Å². The summed E-state index contributed by atoms with van der Waals surface area (Å²) < 4.78 is 6.62. The highest BCUT2D eigenvalue weighted by molar-refractivity contribution is 8.00. The molecule has 0 aliphatic carbocycles. The van der Waals surface area contributed by atoms with E-state index >= 15 is 0 Å². The summed E-state index contributed by atoms with van der Waals surface area (Å²) in [6.45, 7) is 1.72. The van der Waals surface area contributed by atoms with Crippen LogP contribution in [0.2, 0.25) is 0 Å². The molecule has 7 heteroatoms. The maximum atomic E-state index is 12.5. The van der Waals surface area contributed by atoms with Crippen molar-refractivity contribution in [3.8, 4) is 5.75 Å². The number of thioether (sulfide) groups is 1. The molecule has 146 valence electrons. The minimum absolute atomic E-state index is 0.256.